The normalized spacial score (nSPS) is 25.2. The van der Waals surface area contributed by atoms with Gasteiger partial charge in [0.15, 0.2) is 0 Å². The van der Waals surface area contributed by atoms with Gasteiger partial charge in [-0.05, 0) is 38.0 Å². The van der Waals surface area contributed by atoms with Crippen molar-refractivity contribution in [2.24, 2.45) is 17.3 Å². The molecule has 0 aromatic carbocycles. The highest BCUT2D eigenvalue weighted by atomic mass is 16.5. The summed E-state index contributed by atoms with van der Waals surface area (Å²) in [7, 11) is 0. The minimum absolute atomic E-state index is 0.0741. The third-order valence-corrected chi connectivity index (χ3v) is 4.04. The first-order valence-corrected chi connectivity index (χ1v) is 7.65. The van der Waals surface area contributed by atoms with Crippen molar-refractivity contribution in [1.82, 2.24) is 4.90 Å². The predicted molar refractivity (Wildman–Crippen MR) is 79.2 cm³/mol. The van der Waals surface area contributed by atoms with E-state index in [-0.39, 0.29) is 11.9 Å². The van der Waals surface area contributed by atoms with Crippen molar-refractivity contribution >= 4 is 11.9 Å². The summed E-state index contributed by atoms with van der Waals surface area (Å²) in [5.74, 6) is -0.682. The maximum absolute atomic E-state index is 12.8. The summed E-state index contributed by atoms with van der Waals surface area (Å²) >= 11 is 0. The number of amides is 1. The summed E-state index contributed by atoms with van der Waals surface area (Å²) in [6.45, 7) is 12.8. The number of hydrogen-bond donors (Lipinski definition) is 0. The van der Waals surface area contributed by atoms with Crippen LogP contribution in [0.15, 0.2) is 0 Å². The van der Waals surface area contributed by atoms with Crippen LogP contribution in [0.2, 0.25) is 0 Å². The van der Waals surface area contributed by atoms with Crippen molar-refractivity contribution in [2.45, 2.75) is 60.4 Å². The minimum Gasteiger partial charge on any atom is -0.465 e. The molecule has 0 aromatic rings. The van der Waals surface area contributed by atoms with Crippen LogP contribution >= 0.6 is 0 Å². The first kappa shape index (κ1) is 17.0. The maximum Gasteiger partial charge on any atom is 0.319 e. The van der Waals surface area contributed by atoms with Crippen LogP contribution in [0.4, 0.5) is 0 Å². The monoisotopic (exact) mass is 283 g/mol. The van der Waals surface area contributed by atoms with Crippen LogP contribution in [0.3, 0.4) is 0 Å². The Morgan fingerprint density at radius 3 is 2.35 bits per heavy atom. The smallest absolute Gasteiger partial charge is 0.319 e. The van der Waals surface area contributed by atoms with Crippen molar-refractivity contribution in [3.05, 3.63) is 0 Å². The van der Waals surface area contributed by atoms with Gasteiger partial charge in [0, 0.05) is 12.6 Å². The molecular formula is C16H29NO3. The Morgan fingerprint density at radius 1 is 1.25 bits per heavy atom. The number of hydrogen-bond acceptors (Lipinski definition) is 3. The van der Waals surface area contributed by atoms with E-state index in [0.717, 1.165) is 19.4 Å². The van der Waals surface area contributed by atoms with Crippen molar-refractivity contribution in [3.8, 4) is 0 Å². The number of carbonyl (C=O) groups excluding carboxylic acids is 2. The van der Waals surface area contributed by atoms with Gasteiger partial charge in [0.05, 0.1) is 6.61 Å². The fourth-order valence-electron chi connectivity index (χ4n) is 2.81. The molecule has 0 spiro atoms. The zero-order chi connectivity index (χ0) is 15.5. The molecule has 1 aliphatic rings. The predicted octanol–water partition coefficient (Wildman–Crippen LogP) is 2.86. The standard InChI is InChI=1S/C16H29NO3/c1-7-20-15(19)13(16(4,5)6)14(18)17-10-11(2)8-9-12(17)3/h11-13H,7-10H2,1-6H3. The van der Waals surface area contributed by atoms with Gasteiger partial charge in [0.25, 0.3) is 0 Å². The van der Waals surface area contributed by atoms with Crippen molar-refractivity contribution in [2.75, 3.05) is 13.2 Å². The Morgan fingerprint density at radius 2 is 1.85 bits per heavy atom. The average Bonchev–Trinajstić information content (AvgIpc) is 2.30. The lowest BCUT2D eigenvalue weighted by Crippen LogP contribution is -2.52. The molecule has 0 aromatic heterocycles. The molecule has 3 unspecified atom stereocenters. The molecule has 4 heteroatoms. The number of ether oxygens (including phenoxy) is 1. The second-order valence-corrected chi connectivity index (χ2v) is 7.07. The number of likely N-dealkylation sites (tertiary alicyclic amines) is 1. The van der Waals surface area contributed by atoms with E-state index in [4.69, 9.17) is 4.74 Å². The number of nitrogens with zero attached hydrogens (tertiary/aromatic N) is 1. The van der Waals surface area contributed by atoms with E-state index in [2.05, 4.69) is 13.8 Å². The molecule has 0 N–H and O–H groups in total. The molecular weight excluding hydrogens is 254 g/mol. The lowest BCUT2D eigenvalue weighted by atomic mass is 9.79. The Bertz CT molecular complexity index is 359. The second-order valence-electron chi connectivity index (χ2n) is 7.07. The van der Waals surface area contributed by atoms with Crippen LogP contribution < -0.4 is 0 Å². The topological polar surface area (TPSA) is 46.6 Å². The van der Waals surface area contributed by atoms with E-state index in [1.807, 2.05) is 25.7 Å². The van der Waals surface area contributed by atoms with Gasteiger partial charge in [0.2, 0.25) is 5.91 Å². The Balaban J connectivity index is 2.95. The van der Waals surface area contributed by atoms with Crippen molar-refractivity contribution < 1.29 is 14.3 Å². The average molecular weight is 283 g/mol. The van der Waals surface area contributed by atoms with E-state index >= 15 is 0 Å². The van der Waals surface area contributed by atoms with Gasteiger partial charge in [0.1, 0.15) is 5.92 Å². The molecule has 0 radical (unpaired) electrons. The molecule has 3 atom stereocenters. The molecule has 1 saturated heterocycles. The summed E-state index contributed by atoms with van der Waals surface area (Å²) in [5, 5.41) is 0. The lowest BCUT2D eigenvalue weighted by Gasteiger charge is -2.40. The molecule has 1 fully saturated rings. The molecule has 20 heavy (non-hydrogen) atoms. The molecule has 1 amide bonds. The Labute approximate surface area is 122 Å². The van der Waals surface area contributed by atoms with Crippen LogP contribution in [0, 0.1) is 17.3 Å². The van der Waals surface area contributed by atoms with Gasteiger partial charge in [-0.15, -0.1) is 0 Å². The van der Waals surface area contributed by atoms with Crippen molar-refractivity contribution in [1.29, 1.82) is 0 Å². The number of esters is 1. The van der Waals surface area contributed by atoms with Crippen LogP contribution in [-0.2, 0) is 14.3 Å². The lowest BCUT2D eigenvalue weighted by molar-refractivity contribution is -0.162. The van der Waals surface area contributed by atoms with Crippen LogP contribution in [-0.4, -0.2) is 36.0 Å². The maximum atomic E-state index is 12.8. The summed E-state index contributed by atoms with van der Waals surface area (Å²) in [6, 6.07) is 0.206. The van der Waals surface area contributed by atoms with E-state index in [1.54, 1.807) is 6.92 Å². The molecule has 1 heterocycles. The highest BCUT2D eigenvalue weighted by Gasteiger charge is 2.43. The fourth-order valence-corrected chi connectivity index (χ4v) is 2.81. The molecule has 116 valence electrons. The number of rotatable bonds is 3. The molecule has 1 rings (SSSR count). The van der Waals surface area contributed by atoms with Gasteiger partial charge in [-0.3, -0.25) is 9.59 Å². The Hall–Kier alpha value is -1.06. The van der Waals surface area contributed by atoms with Crippen LogP contribution in [0.1, 0.15) is 54.4 Å². The third-order valence-electron chi connectivity index (χ3n) is 4.04. The SMILES string of the molecule is CCOC(=O)C(C(=O)N1CC(C)CCC1C)C(C)(C)C. The molecule has 0 saturated carbocycles. The third kappa shape index (κ3) is 3.97. The van der Waals surface area contributed by atoms with E-state index in [0.29, 0.717) is 12.5 Å². The largest absolute Gasteiger partial charge is 0.465 e. The fraction of sp³-hybridized carbons (Fsp3) is 0.875. The first-order valence-electron chi connectivity index (χ1n) is 7.65. The van der Waals surface area contributed by atoms with Crippen LogP contribution in [0.5, 0.6) is 0 Å². The highest BCUT2D eigenvalue weighted by molar-refractivity contribution is 5.98. The molecule has 4 nitrogen and oxygen atoms in total. The number of carbonyl (C=O) groups is 2. The van der Waals surface area contributed by atoms with Gasteiger partial charge >= 0.3 is 5.97 Å². The summed E-state index contributed by atoms with van der Waals surface area (Å²) in [4.78, 5) is 26.9. The summed E-state index contributed by atoms with van der Waals surface area (Å²) < 4.78 is 5.12. The van der Waals surface area contributed by atoms with Crippen LogP contribution in [0.25, 0.3) is 0 Å². The van der Waals surface area contributed by atoms with Gasteiger partial charge in [-0.2, -0.15) is 0 Å². The van der Waals surface area contributed by atoms with Gasteiger partial charge in [-0.25, -0.2) is 0 Å². The number of piperidine rings is 1. The Kier molecular flexibility index (Phi) is 5.60. The van der Waals surface area contributed by atoms with Gasteiger partial charge < -0.3 is 9.64 Å². The minimum atomic E-state index is -0.713. The summed E-state index contributed by atoms with van der Waals surface area (Å²) in [6.07, 6.45) is 2.15. The highest BCUT2D eigenvalue weighted by Crippen LogP contribution is 2.32. The van der Waals surface area contributed by atoms with E-state index in [1.165, 1.54) is 0 Å². The zero-order valence-corrected chi connectivity index (χ0v) is 13.7. The molecule has 1 aliphatic heterocycles. The summed E-state index contributed by atoms with van der Waals surface area (Å²) in [5.41, 5.74) is -0.427. The van der Waals surface area contributed by atoms with E-state index < -0.39 is 17.3 Å². The van der Waals surface area contributed by atoms with Crippen molar-refractivity contribution in [3.63, 3.8) is 0 Å². The molecule has 0 aliphatic carbocycles. The first-order chi connectivity index (χ1) is 9.18. The van der Waals surface area contributed by atoms with Gasteiger partial charge in [-0.1, -0.05) is 27.7 Å². The molecule has 0 bridgehead atoms. The zero-order valence-electron chi connectivity index (χ0n) is 13.7. The second kappa shape index (κ2) is 6.59. The van der Waals surface area contributed by atoms with E-state index in [9.17, 15) is 9.59 Å². The quantitative estimate of drug-likeness (QED) is 0.591.